The summed E-state index contributed by atoms with van der Waals surface area (Å²) in [6.45, 7) is 0. The maximum atomic E-state index is 5.20. The van der Waals surface area contributed by atoms with Crippen LogP contribution in [0, 0.1) is 0 Å². The van der Waals surface area contributed by atoms with Crippen LogP contribution in [-0.2, 0) is 0 Å². The van der Waals surface area contributed by atoms with Gasteiger partial charge in [-0.2, -0.15) is 0 Å². The third-order valence-corrected chi connectivity index (χ3v) is 24.8. The first-order valence-electron chi connectivity index (χ1n) is 39.6. The molecule has 0 fully saturated rings. The number of nitrogens with zero attached hydrogens (tertiary/aromatic N) is 8. The lowest BCUT2D eigenvalue weighted by Gasteiger charge is -2.12. The lowest BCUT2D eigenvalue weighted by atomic mass is 9.99. The van der Waals surface area contributed by atoms with Gasteiger partial charge in [-0.05, 0) is 147 Å². The summed E-state index contributed by atoms with van der Waals surface area (Å²) in [5, 5.41) is 10.0. The van der Waals surface area contributed by atoms with Gasteiger partial charge < -0.3 is 9.13 Å². The first kappa shape index (κ1) is 69.5. The molecule has 0 radical (unpaired) electrons. The van der Waals surface area contributed by atoms with Crippen LogP contribution < -0.4 is 0 Å². The smallest absolute Gasteiger partial charge is 0.164 e. The van der Waals surface area contributed by atoms with Gasteiger partial charge in [0.15, 0.2) is 34.9 Å². The van der Waals surface area contributed by atoms with Gasteiger partial charge in [-0.25, -0.2) is 29.9 Å². The monoisotopic (exact) mass is 1540 g/mol. The standard InChI is InChI=1S/C57H36N4S.C51H32N4S/c1-2-12-37(13-3-1)38-24-26-39(27-25-38)40-28-30-41(31-29-40)55-58-56(60-57(59-55)45-32-33-50-49-20-6-9-23-53(49)62-54(50)36-45)44-16-10-14-42(34-44)43-15-11-17-46(35-43)61-51-21-7-4-18-47(51)48-19-5-8-22-52(48)61;1-2-13-33(14-3-1)34-15-10-18-37(29-34)49-52-50(54-51(53-49)39-27-28-44-43-23-6-9-26-47(43)56-48(44)32-39)38-19-11-16-35(30-38)36-17-12-20-40(31-36)55-45-24-7-4-21-41(45)42-22-5-8-25-46(42)55/h1-36H;1-32H. The Morgan fingerprint density at radius 2 is 0.373 bits per heavy atom. The largest absolute Gasteiger partial charge is 0.309 e. The summed E-state index contributed by atoms with van der Waals surface area (Å²) in [5.41, 5.74) is 24.0. The predicted molar refractivity (Wildman–Crippen MR) is 494 cm³/mol. The van der Waals surface area contributed by atoms with Crippen molar-refractivity contribution >= 4 is 107 Å². The highest BCUT2D eigenvalue weighted by Gasteiger charge is 2.21. The highest BCUT2D eigenvalue weighted by molar-refractivity contribution is 7.26. The fourth-order valence-corrected chi connectivity index (χ4v) is 19.0. The zero-order valence-corrected chi connectivity index (χ0v) is 65.3. The Labute approximate surface area is 688 Å². The molecule has 0 aliphatic rings. The number of benzene rings is 17. The molecule has 0 aliphatic heterocycles. The Balaban J connectivity index is 0.000000143. The average Bonchev–Trinajstić information content (AvgIpc) is 1.60. The highest BCUT2D eigenvalue weighted by atomic mass is 32.1. The summed E-state index contributed by atoms with van der Waals surface area (Å²) in [7, 11) is 0. The van der Waals surface area contributed by atoms with Gasteiger partial charge in [-0.1, -0.05) is 322 Å². The molecule has 0 spiro atoms. The quantitative estimate of drug-likeness (QED) is 0.114. The van der Waals surface area contributed by atoms with Crippen LogP contribution in [0.1, 0.15) is 0 Å². The minimum Gasteiger partial charge on any atom is -0.309 e. The van der Waals surface area contributed by atoms with Crippen molar-refractivity contribution in [3.8, 4) is 135 Å². The number of hydrogen-bond acceptors (Lipinski definition) is 8. The van der Waals surface area contributed by atoms with E-state index in [0.717, 1.165) is 89.3 Å². The molecule has 23 aromatic rings. The zero-order chi connectivity index (χ0) is 78.0. The van der Waals surface area contributed by atoms with Crippen LogP contribution in [0.3, 0.4) is 0 Å². The fourth-order valence-electron chi connectivity index (χ4n) is 16.7. The van der Waals surface area contributed by atoms with Gasteiger partial charge >= 0.3 is 0 Å². The second kappa shape index (κ2) is 29.6. The van der Waals surface area contributed by atoms with Crippen LogP contribution in [-0.4, -0.2) is 39.0 Å². The van der Waals surface area contributed by atoms with E-state index >= 15 is 0 Å². The summed E-state index contributed by atoms with van der Waals surface area (Å²) in [6.07, 6.45) is 0. The van der Waals surface area contributed by atoms with Gasteiger partial charge in [0, 0.05) is 107 Å². The Morgan fingerprint density at radius 3 is 0.737 bits per heavy atom. The van der Waals surface area contributed by atoms with Crippen molar-refractivity contribution in [2.24, 2.45) is 0 Å². The molecule has 6 heterocycles. The van der Waals surface area contributed by atoms with Crippen molar-refractivity contribution in [1.29, 1.82) is 0 Å². The third-order valence-electron chi connectivity index (χ3n) is 22.5. The second-order valence-electron chi connectivity index (χ2n) is 29.7. The van der Waals surface area contributed by atoms with E-state index in [1.165, 1.54) is 95.1 Å². The lowest BCUT2D eigenvalue weighted by molar-refractivity contribution is 1.07. The maximum Gasteiger partial charge on any atom is 0.164 e. The van der Waals surface area contributed by atoms with E-state index in [2.05, 4.69) is 410 Å². The normalized spacial score (nSPS) is 11.6. The van der Waals surface area contributed by atoms with E-state index in [9.17, 15) is 0 Å². The molecule has 17 aromatic carbocycles. The Bertz CT molecular complexity index is 7710. The molecule has 0 aliphatic carbocycles. The first-order valence-corrected chi connectivity index (χ1v) is 41.2. The summed E-state index contributed by atoms with van der Waals surface area (Å²) in [6, 6.07) is 146. The molecule has 6 aromatic heterocycles. The molecule has 0 unspecified atom stereocenters. The van der Waals surface area contributed by atoms with Gasteiger partial charge in [0.2, 0.25) is 0 Å². The van der Waals surface area contributed by atoms with Crippen LogP contribution in [0.25, 0.3) is 219 Å². The number of hydrogen-bond donors (Lipinski definition) is 0. The van der Waals surface area contributed by atoms with Crippen molar-refractivity contribution in [3.63, 3.8) is 0 Å². The first-order chi connectivity index (χ1) is 58.4. The molecule has 8 nitrogen and oxygen atoms in total. The van der Waals surface area contributed by atoms with Crippen LogP contribution in [0.15, 0.2) is 413 Å². The molecule has 0 atom stereocenters. The Kier molecular flexibility index (Phi) is 17.5. The van der Waals surface area contributed by atoms with Crippen molar-refractivity contribution < 1.29 is 0 Å². The van der Waals surface area contributed by atoms with Crippen molar-refractivity contribution in [2.45, 2.75) is 0 Å². The molecule has 118 heavy (non-hydrogen) atoms. The maximum absolute atomic E-state index is 5.20. The number of rotatable bonds is 13. The van der Waals surface area contributed by atoms with E-state index < -0.39 is 0 Å². The van der Waals surface area contributed by atoms with Gasteiger partial charge in [0.05, 0.1) is 22.1 Å². The zero-order valence-electron chi connectivity index (χ0n) is 63.7. The summed E-state index contributed by atoms with van der Waals surface area (Å²) < 4.78 is 9.68. The van der Waals surface area contributed by atoms with Crippen LogP contribution in [0.4, 0.5) is 0 Å². The van der Waals surface area contributed by atoms with Crippen LogP contribution in [0.5, 0.6) is 0 Å². The predicted octanol–water partition coefficient (Wildman–Crippen LogP) is 29.0. The molecular formula is C108H68N8S2. The molecule has 0 saturated carbocycles. The Morgan fingerprint density at radius 1 is 0.144 bits per heavy atom. The average molecular weight is 1540 g/mol. The minimum absolute atomic E-state index is 0.627. The van der Waals surface area contributed by atoms with Crippen molar-refractivity contribution in [3.05, 3.63) is 413 Å². The van der Waals surface area contributed by atoms with Crippen LogP contribution >= 0.6 is 22.7 Å². The van der Waals surface area contributed by atoms with Gasteiger partial charge in [0.25, 0.3) is 0 Å². The molecule has 0 amide bonds. The lowest BCUT2D eigenvalue weighted by Crippen LogP contribution is -2.00. The van der Waals surface area contributed by atoms with E-state index in [0.29, 0.717) is 34.9 Å². The molecule has 0 saturated heterocycles. The van der Waals surface area contributed by atoms with E-state index in [4.69, 9.17) is 29.9 Å². The fraction of sp³-hybridized carbons (Fsp3) is 0. The highest BCUT2D eigenvalue weighted by Crippen LogP contribution is 2.42. The molecule has 0 N–H and O–H groups in total. The number of para-hydroxylation sites is 4. The third kappa shape index (κ3) is 12.9. The summed E-state index contributed by atoms with van der Waals surface area (Å²) in [5.74, 6) is 3.82. The van der Waals surface area contributed by atoms with Crippen molar-refractivity contribution in [2.75, 3.05) is 0 Å². The second-order valence-corrected chi connectivity index (χ2v) is 31.9. The minimum atomic E-state index is 0.627. The number of fused-ring (bicyclic) bond motifs is 12. The molecule has 0 bridgehead atoms. The van der Waals surface area contributed by atoms with E-state index in [1.54, 1.807) is 22.7 Å². The van der Waals surface area contributed by atoms with E-state index in [-0.39, 0.29) is 0 Å². The topological polar surface area (TPSA) is 87.2 Å². The molecular weight excluding hydrogens is 1470 g/mol. The Hall–Kier alpha value is -15.2. The van der Waals surface area contributed by atoms with Gasteiger partial charge in [-0.15, -0.1) is 22.7 Å². The van der Waals surface area contributed by atoms with Crippen LogP contribution in [0.2, 0.25) is 0 Å². The number of thiophene rings is 2. The van der Waals surface area contributed by atoms with Gasteiger partial charge in [0.1, 0.15) is 0 Å². The molecule has 552 valence electrons. The van der Waals surface area contributed by atoms with Gasteiger partial charge in [-0.3, -0.25) is 0 Å². The number of aromatic nitrogens is 8. The molecule has 10 heteroatoms. The summed E-state index contributed by atoms with van der Waals surface area (Å²) >= 11 is 3.60. The SMILES string of the molecule is c1ccc(-c2ccc(-c3ccc(-c4nc(-c5cccc(-c6cccc(-n7c8ccccc8c8ccccc87)c6)c5)nc(-c5ccc6c(c5)sc5ccccc56)n4)cc3)cc2)cc1.c1ccc(-c2cccc(-c3nc(-c4cccc(-c5cccc(-n6c7ccccc7c7ccccc76)c5)c4)nc(-c4ccc5c(c4)sc4ccccc45)n3)c2)cc1. The summed E-state index contributed by atoms with van der Waals surface area (Å²) in [4.78, 5) is 31.0. The van der Waals surface area contributed by atoms with E-state index in [1.807, 2.05) is 12.1 Å². The molecule has 23 rings (SSSR count). The van der Waals surface area contributed by atoms with Crippen molar-refractivity contribution in [1.82, 2.24) is 39.0 Å².